The Kier molecular flexibility index (Phi) is 14.4. The lowest BCUT2D eigenvalue weighted by molar-refractivity contribution is 0.226. The largest absolute Gasteiger partial charge is 0.493 e. The van der Waals surface area contributed by atoms with Gasteiger partial charge in [0.05, 0.1) is 17.7 Å². The zero-order valence-electron chi connectivity index (χ0n) is 18.1. The number of benzene rings is 1. The molecule has 0 saturated heterocycles. The second-order valence-corrected chi connectivity index (χ2v) is 9.14. The summed E-state index contributed by atoms with van der Waals surface area (Å²) in [5, 5.41) is 0. The lowest BCUT2D eigenvalue weighted by Crippen LogP contribution is -2.13. The summed E-state index contributed by atoms with van der Waals surface area (Å²) in [4.78, 5) is 0. The highest BCUT2D eigenvalue weighted by atomic mass is 127. The number of rotatable bonds is 15. The van der Waals surface area contributed by atoms with Gasteiger partial charge in [0.25, 0.3) is 0 Å². The van der Waals surface area contributed by atoms with Crippen LogP contribution >= 0.6 is 38.5 Å². The Hall–Kier alpha value is -0.230. The van der Waals surface area contributed by atoms with Crippen LogP contribution in [0.15, 0.2) is 20.7 Å². The maximum absolute atomic E-state index is 6.24. The highest BCUT2D eigenvalue weighted by Gasteiger charge is 2.14. The van der Waals surface area contributed by atoms with E-state index in [0.29, 0.717) is 11.8 Å². The van der Waals surface area contributed by atoms with E-state index in [4.69, 9.17) is 9.47 Å². The fourth-order valence-corrected chi connectivity index (χ4v) is 4.02. The molecule has 160 valence electrons. The van der Waals surface area contributed by atoms with Gasteiger partial charge in [0, 0.05) is 5.56 Å². The molecule has 28 heavy (non-hydrogen) atoms. The molecular formula is C24H38BrIO2. The third-order valence-electron chi connectivity index (χ3n) is 5.34. The molecule has 0 aliphatic rings. The Morgan fingerprint density at radius 1 is 0.893 bits per heavy atom. The molecule has 1 rings (SSSR count). The van der Waals surface area contributed by atoms with Gasteiger partial charge in [-0.15, -0.1) is 0 Å². The number of hydrogen-bond acceptors (Lipinski definition) is 2. The van der Waals surface area contributed by atoms with Gasteiger partial charge in [0.1, 0.15) is 11.5 Å². The molecule has 0 spiro atoms. The Bertz CT molecular complexity index is 574. The summed E-state index contributed by atoms with van der Waals surface area (Å²) < 4.78 is 15.4. The summed E-state index contributed by atoms with van der Waals surface area (Å²) >= 11 is 5.95. The van der Waals surface area contributed by atoms with E-state index >= 15 is 0 Å². The third kappa shape index (κ3) is 9.51. The van der Waals surface area contributed by atoms with Crippen LogP contribution in [0.1, 0.15) is 84.6 Å². The third-order valence-corrected chi connectivity index (χ3v) is 6.32. The van der Waals surface area contributed by atoms with Gasteiger partial charge in [-0.25, -0.2) is 0 Å². The van der Waals surface area contributed by atoms with Crippen LogP contribution in [0.2, 0.25) is 0 Å². The number of ether oxygens (including phenoxy) is 2. The van der Waals surface area contributed by atoms with Crippen LogP contribution in [-0.4, -0.2) is 13.2 Å². The summed E-state index contributed by atoms with van der Waals surface area (Å²) in [5.41, 5.74) is 1.08. The summed E-state index contributed by atoms with van der Waals surface area (Å²) in [6.07, 6.45) is 11.9. The smallest absolute Gasteiger partial charge is 0.134 e. The highest BCUT2D eigenvalue weighted by molar-refractivity contribution is 14.1. The fourth-order valence-electron chi connectivity index (χ4n) is 3.20. The Labute approximate surface area is 195 Å². The van der Waals surface area contributed by atoms with Crippen LogP contribution < -0.4 is 9.47 Å². The first kappa shape index (κ1) is 25.8. The van der Waals surface area contributed by atoms with Crippen LogP contribution in [0.3, 0.4) is 0 Å². The topological polar surface area (TPSA) is 18.5 Å². The Balaban J connectivity index is 2.83. The van der Waals surface area contributed by atoms with Crippen LogP contribution in [0.25, 0.3) is 6.08 Å². The highest BCUT2D eigenvalue weighted by Crippen LogP contribution is 2.35. The SMILES string of the molecule is CCCCC(CC)COc1cc(/C=C/I)c(OCC(CC)CCCC)cc1Br. The maximum Gasteiger partial charge on any atom is 0.134 e. The molecule has 0 aliphatic heterocycles. The van der Waals surface area contributed by atoms with Crippen LogP contribution in [0.5, 0.6) is 11.5 Å². The van der Waals surface area contributed by atoms with Crippen molar-refractivity contribution >= 4 is 44.6 Å². The zero-order chi connectivity index (χ0) is 20.8. The predicted molar refractivity (Wildman–Crippen MR) is 135 cm³/mol. The molecule has 2 unspecified atom stereocenters. The quantitative estimate of drug-likeness (QED) is 0.198. The van der Waals surface area contributed by atoms with E-state index in [1.54, 1.807) is 0 Å². The molecule has 0 heterocycles. The van der Waals surface area contributed by atoms with Gasteiger partial charge < -0.3 is 9.47 Å². The zero-order valence-corrected chi connectivity index (χ0v) is 21.9. The summed E-state index contributed by atoms with van der Waals surface area (Å²) in [6.45, 7) is 10.6. The minimum atomic E-state index is 0.620. The van der Waals surface area contributed by atoms with Crippen molar-refractivity contribution < 1.29 is 9.47 Å². The van der Waals surface area contributed by atoms with E-state index in [-0.39, 0.29) is 0 Å². The van der Waals surface area contributed by atoms with Crippen molar-refractivity contribution in [3.63, 3.8) is 0 Å². The van der Waals surface area contributed by atoms with Crippen molar-refractivity contribution in [3.05, 3.63) is 26.3 Å². The molecule has 0 aromatic heterocycles. The first-order chi connectivity index (χ1) is 13.6. The lowest BCUT2D eigenvalue weighted by Gasteiger charge is -2.19. The van der Waals surface area contributed by atoms with Crippen molar-refractivity contribution in [2.24, 2.45) is 11.8 Å². The molecule has 1 aromatic carbocycles. The Morgan fingerprint density at radius 2 is 1.43 bits per heavy atom. The molecule has 2 nitrogen and oxygen atoms in total. The van der Waals surface area contributed by atoms with Gasteiger partial charge in [-0.1, -0.05) is 88.8 Å². The minimum absolute atomic E-state index is 0.620. The van der Waals surface area contributed by atoms with E-state index in [1.165, 1.54) is 38.5 Å². The van der Waals surface area contributed by atoms with Crippen LogP contribution in [0, 0.1) is 11.8 Å². The molecule has 1 aromatic rings. The van der Waals surface area contributed by atoms with Crippen molar-refractivity contribution in [2.75, 3.05) is 13.2 Å². The van der Waals surface area contributed by atoms with E-state index < -0.39 is 0 Å². The van der Waals surface area contributed by atoms with E-state index in [2.05, 4.69) is 84.4 Å². The van der Waals surface area contributed by atoms with E-state index in [9.17, 15) is 0 Å². The molecule has 0 bridgehead atoms. The van der Waals surface area contributed by atoms with Gasteiger partial charge in [0.15, 0.2) is 0 Å². The van der Waals surface area contributed by atoms with E-state index in [0.717, 1.165) is 47.6 Å². The first-order valence-electron chi connectivity index (χ1n) is 10.9. The molecule has 0 radical (unpaired) electrons. The van der Waals surface area contributed by atoms with Gasteiger partial charge >= 0.3 is 0 Å². The second kappa shape index (κ2) is 15.6. The lowest BCUT2D eigenvalue weighted by atomic mass is 10.0. The average molecular weight is 565 g/mol. The van der Waals surface area contributed by atoms with Gasteiger partial charge in [-0.05, 0) is 62.9 Å². The molecule has 0 fully saturated rings. The van der Waals surface area contributed by atoms with Crippen LogP contribution in [0.4, 0.5) is 0 Å². The standard InChI is InChI=1S/C24H38BrIO2/c1-5-9-11-19(7-3)17-27-23-16-22(25)24(15-21(23)13-14-26)28-18-20(8-4)12-10-6-2/h13-16,19-20H,5-12,17-18H2,1-4H3/b14-13+. The maximum atomic E-state index is 6.24. The molecule has 0 amide bonds. The molecule has 0 aliphatic carbocycles. The number of hydrogen-bond donors (Lipinski definition) is 0. The summed E-state index contributed by atoms with van der Waals surface area (Å²) in [5.74, 6) is 3.08. The monoisotopic (exact) mass is 564 g/mol. The second-order valence-electron chi connectivity index (χ2n) is 7.57. The molecule has 0 saturated carbocycles. The van der Waals surface area contributed by atoms with Crippen molar-refractivity contribution in [3.8, 4) is 11.5 Å². The summed E-state index contributed by atoms with van der Waals surface area (Å²) in [6, 6.07) is 4.18. The number of unbranched alkanes of at least 4 members (excludes halogenated alkanes) is 2. The van der Waals surface area contributed by atoms with Crippen LogP contribution in [-0.2, 0) is 0 Å². The number of halogens is 2. The average Bonchev–Trinajstić information content (AvgIpc) is 2.70. The minimum Gasteiger partial charge on any atom is -0.493 e. The fraction of sp³-hybridized carbons (Fsp3) is 0.667. The first-order valence-corrected chi connectivity index (χ1v) is 13.0. The molecular weight excluding hydrogens is 527 g/mol. The van der Waals surface area contributed by atoms with E-state index in [1.807, 2.05) is 4.08 Å². The summed E-state index contributed by atoms with van der Waals surface area (Å²) in [7, 11) is 0. The van der Waals surface area contributed by atoms with Crippen molar-refractivity contribution in [1.29, 1.82) is 0 Å². The normalized spacial score (nSPS) is 13.6. The van der Waals surface area contributed by atoms with Gasteiger partial charge in [-0.3, -0.25) is 0 Å². The molecule has 4 heteroatoms. The molecule has 0 N–H and O–H groups in total. The van der Waals surface area contributed by atoms with Gasteiger partial charge in [0.2, 0.25) is 0 Å². The van der Waals surface area contributed by atoms with Crippen molar-refractivity contribution in [1.82, 2.24) is 0 Å². The Morgan fingerprint density at radius 3 is 1.89 bits per heavy atom. The molecule has 2 atom stereocenters. The van der Waals surface area contributed by atoms with Gasteiger partial charge in [-0.2, -0.15) is 0 Å². The predicted octanol–water partition coefficient (Wildman–Crippen LogP) is 9.05. The van der Waals surface area contributed by atoms with Crippen molar-refractivity contribution in [2.45, 2.75) is 79.1 Å².